The third-order valence-electron chi connectivity index (χ3n) is 4.14. The second-order valence-electron chi connectivity index (χ2n) is 6.26. The molecule has 0 aliphatic heterocycles. The number of benzene rings is 2. The fourth-order valence-electron chi connectivity index (χ4n) is 2.63. The fourth-order valence-corrected chi connectivity index (χ4v) is 2.63. The summed E-state index contributed by atoms with van der Waals surface area (Å²) in [6, 6.07) is 17.6. The van der Waals surface area contributed by atoms with E-state index in [1.165, 1.54) is 30.1 Å². The molecule has 0 unspecified atom stereocenters. The lowest BCUT2D eigenvalue weighted by Gasteiger charge is -2.05. The van der Waals surface area contributed by atoms with Gasteiger partial charge in [-0.1, -0.05) is 42.5 Å². The summed E-state index contributed by atoms with van der Waals surface area (Å²) in [5.41, 5.74) is 3.21. The van der Waals surface area contributed by atoms with E-state index in [0.717, 1.165) is 24.1 Å². The largest absolute Gasteiger partial charge is 0.503 e. The molecule has 0 aliphatic rings. The molecule has 0 radical (unpaired) electrons. The van der Waals surface area contributed by atoms with Gasteiger partial charge >= 0.3 is 0 Å². The van der Waals surface area contributed by atoms with Crippen LogP contribution in [0.15, 0.2) is 72.8 Å². The maximum atomic E-state index is 12.9. The number of nitrogens with one attached hydrogen (secondary N) is 1. The van der Waals surface area contributed by atoms with Crippen LogP contribution in [0.1, 0.15) is 22.5 Å². The molecule has 2 aromatic carbocycles. The minimum atomic E-state index is -0.631. The molecule has 2 N–H and O–H groups in total. The number of nitrogens with zero attached hydrogens (tertiary/aromatic N) is 2. The minimum absolute atomic E-state index is 0.184. The molecule has 5 nitrogen and oxygen atoms in total. The maximum Gasteiger partial charge on any atom is 0.286 e. The van der Waals surface area contributed by atoms with Crippen LogP contribution in [0.4, 0.5) is 4.39 Å². The number of aromatic nitrogens is 2. The lowest BCUT2D eigenvalue weighted by atomic mass is 10.1. The number of aliphatic hydroxyl groups excluding tert-OH is 1. The van der Waals surface area contributed by atoms with Crippen LogP contribution < -0.4 is 5.32 Å². The summed E-state index contributed by atoms with van der Waals surface area (Å²) in [6.07, 6.45) is 4.28. The molecule has 1 heterocycles. The predicted molar refractivity (Wildman–Crippen MR) is 105 cm³/mol. The highest BCUT2D eigenvalue weighted by Gasteiger charge is 2.08. The van der Waals surface area contributed by atoms with Crippen LogP contribution in [0.25, 0.3) is 6.08 Å². The van der Waals surface area contributed by atoms with E-state index in [0.29, 0.717) is 5.69 Å². The number of rotatable bonds is 7. The standard InChI is InChI=1S/C22H20FN3O2/c23-18-9-6-17(7-10-18)14-24-22(28)21(27)13-20-12-19(25-15-26-20)11-8-16-4-2-1-3-5-16/h1-7,9-10,12-13,15,27H,8,11,14H2,(H,24,28)/b21-13-. The molecule has 0 atom stereocenters. The number of hydrogen-bond acceptors (Lipinski definition) is 4. The Morgan fingerprint density at radius 3 is 2.50 bits per heavy atom. The fraction of sp³-hybridized carbons (Fsp3) is 0.136. The highest BCUT2D eigenvalue weighted by atomic mass is 19.1. The number of aryl methyl sites for hydroxylation is 2. The van der Waals surface area contributed by atoms with Crippen molar-refractivity contribution in [1.29, 1.82) is 0 Å². The first kappa shape index (κ1) is 19.2. The Kier molecular flexibility index (Phi) is 6.46. The van der Waals surface area contributed by atoms with Gasteiger partial charge < -0.3 is 10.4 Å². The van der Waals surface area contributed by atoms with Gasteiger partial charge in [-0.2, -0.15) is 0 Å². The minimum Gasteiger partial charge on any atom is -0.503 e. The van der Waals surface area contributed by atoms with Gasteiger partial charge in [0, 0.05) is 18.3 Å². The van der Waals surface area contributed by atoms with Gasteiger partial charge in [0.25, 0.3) is 5.91 Å². The van der Waals surface area contributed by atoms with E-state index >= 15 is 0 Å². The lowest BCUT2D eigenvalue weighted by Crippen LogP contribution is -2.24. The van der Waals surface area contributed by atoms with Crippen molar-refractivity contribution < 1.29 is 14.3 Å². The average molecular weight is 377 g/mol. The number of aliphatic hydroxyl groups is 1. The van der Waals surface area contributed by atoms with Gasteiger partial charge in [-0.15, -0.1) is 0 Å². The Morgan fingerprint density at radius 1 is 1.00 bits per heavy atom. The van der Waals surface area contributed by atoms with Crippen molar-refractivity contribution >= 4 is 12.0 Å². The molecule has 3 aromatic rings. The lowest BCUT2D eigenvalue weighted by molar-refractivity contribution is -0.119. The summed E-state index contributed by atoms with van der Waals surface area (Å²) < 4.78 is 12.9. The monoisotopic (exact) mass is 377 g/mol. The highest BCUT2D eigenvalue weighted by molar-refractivity contribution is 5.95. The topological polar surface area (TPSA) is 75.1 Å². The zero-order valence-corrected chi connectivity index (χ0v) is 15.2. The zero-order valence-electron chi connectivity index (χ0n) is 15.2. The number of carbonyl (C=O) groups is 1. The molecule has 0 fully saturated rings. The molecule has 0 saturated heterocycles. The van der Waals surface area contributed by atoms with E-state index in [4.69, 9.17) is 0 Å². The molecule has 6 heteroatoms. The summed E-state index contributed by atoms with van der Waals surface area (Å²) in [5, 5.41) is 12.6. The molecule has 1 aromatic heterocycles. The third kappa shape index (κ3) is 5.74. The predicted octanol–water partition coefficient (Wildman–Crippen LogP) is 3.62. The van der Waals surface area contributed by atoms with E-state index in [-0.39, 0.29) is 12.4 Å². The van der Waals surface area contributed by atoms with Crippen LogP contribution in [0.2, 0.25) is 0 Å². The van der Waals surface area contributed by atoms with E-state index in [1.54, 1.807) is 18.2 Å². The molecule has 28 heavy (non-hydrogen) atoms. The SMILES string of the molecule is O=C(NCc1ccc(F)cc1)/C(O)=C/c1cc(CCc2ccccc2)ncn1. The van der Waals surface area contributed by atoms with Crippen molar-refractivity contribution in [2.45, 2.75) is 19.4 Å². The van der Waals surface area contributed by atoms with Crippen molar-refractivity contribution in [3.63, 3.8) is 0 Å². The van der Waals surface area contributed by atoms with Crippen molar-refractivity contribution in [2.24, 2.45) is 0 Å². The molecular weight excluding hydrogens is 357 g/mol. The summed E-state index contributed by atoms with van der Waals surface area (Å²) >= 11 is 0. The average Bonchev–Trinajstić information content (AvgIpc) is 2.72. The normalized spacial score (nSPS) is 11.2. The van der Waals surface area contributed by atoms with Crippen LogP contribution >= 0.6 is 0 Å². The van der Waals surface area contributed by atoms with Crippen molar-refractivity contribution in [3.8, 4) is 0 Å². The zero-order chi connectivity index (χ0) is 19.8. The number of carbonyl (C=O) groups excluding carboxylic acids is 1. The van der Waals surface area contributed by atoms with Gasteiger partial charge in [0.2, 0.25) is 0 Å². The molecule has 0 aliphatic carbocycles. The Labute approximate surface area is 162 Å². The van der Waals surface area contributed by atoms with Gasteiger partial charge in [-0.05, 0) is 42.2 Å². The molecule has 0 bridgehead atoms. The Bertz CT molecular complexity index is 957. The number of halogens is 1. The van der Waals surface area contributed by atoms with Crippen molar-refractivity contribution in [1.82, 2.24) is 15.3 Å². The highest BCUT2D eigenvalue weighted by Crippen LogP contribution is 2.09. The molecule has 0 saturated carbocycles. The summed E-state index contributed by atoms with van der Waals surface area (Å²) in [4.78, 5) is 20.3. The first-order chi connectivity index (χ1) is 13.6. The van der Waals surface area contributed by atoms with Gasteiger partial charge in [-0.3, -0.25) is 4.79 Å². The maximum absolute atomic E-state index is 12.9. The molecule has 0 spiro atoms. The quantitative estimate of drug-likeness (QED) is 0.487. The van der Waals surface area contributed by atoms with Crippen molar-refractivity contribution in [3.05, 3.63) is 101 Å². The van der Waals surface area contributed by atoms with Crippen LogP contribution in [0.3, 0.4) is 0 Å². The van der Waals surface area contributed by atoms with Crippen LogP contribution in [-0.2, 0) is 24.2 Å². The van der Waals surface area contributed by atoms with Gasteiger partial charge in [0.15, 0.2) is 5.76 Å². The molecular formula is C22H20FN3O2. The van der Waals surface area contributed by atoms with Crippen LogP contribution in [0, 0.1) is 5.82 Å². The van der Waals surface area contributed by atoms with E-state index in [1.807, 2.05) is 18.2 Å². The smallest absolute Gasteiger partial charge is 0.286 e. The molecule has 3 rings (SSSR count). The summed E-state index contributed by atoms with van der Waals surface area (Å²) in [5.74, 6) is -1.42. The molecule has 142 valence electrons. The molecule has 1 amide bonds. The Morgan fingerprint density at radius 2 is 1.75 bits per heavy atom. The first-order valence-electron chi connectivity index (χ1n) is 8.88. The van der Waals surface area contributed by atoms with Crippen LogP contribution in [0.5, 0.6) is 0 Å². The van der Waals surface area contributed by atoms with E-state index in [9.17, 15) is 14.3 Å². The van der Waals surface area contributed by atoms with Crippen LogP contribution in [-0.4, -0.2) is 21.0 Å². The Balaban J connectivity index is 1.58. The number of amides is 1. The number of hydrogen-bond donors (Lipinski definition) is 2. The third-order valence-corrected chi connectivity index (χ3v) is 4.14. The summed E-state index contributed by atoms with van der Waals surface area (Å²) in [6.45, 7) is 0.184. The van der Waals surface area contributed by atoms with Gasteiger partial charge in [-0.25, -0.2) is 14.4 Å². The second kappa shape index (κ2) is 9.41. The summed E-state index contributed by atoms with van der Waals surface area (Å²) in [7, 11) is 0. The second-order valence-corrected chi connectivity index (χ2v) is 6.26. The van der Waals surface area contributed by atoms with Crippen molar-refractivity contribution in [2.75, 3.05) is 0 Å². The van der Waals surface area contributed by atoms with Gasteiger partial charge in [0.05, 0.1) is 5.69 Å². The Hall–Kier alpha value is -3.54. The van der Waals surface area contributed by atoms with E-state index in [2.05, 4.69) is 27.4 Å². The van der Waals surface area contributed by atoms with Gasteiger partial charge in [0.1, 0.15) is 12.1 Å². The van der Waals surface area contributed by atoms with E-state index < -0.39 is 11.7 Å². The first-order valence-corrected chi connectivity index (χ1v) is 8.88.